The molecule has 154 valence electrons. The van der Waals surface area contributed by atoms with Crippen molar-refractivity contribution in [1.29, 1.82) is 0 Å². The first-order valence-electron chi connectivity index (χ1n) is 9.21. The largest absolute Gasteiger partial charge is 0.492 e. The summed E-state index contributed by atoms with van der Waals surface area (Å²) in [7, 11) is 0. The number of nitrogens with two attached hydrogens (primary N) is 1. The maximum absolute atomic E-state index is 12.3. The van der Waals surface area contributed by atoms with Gasteiger partial charge in [-0.15, -0.1) is 0 Å². The van der Waals surface area contributed by atoms with E-state index in [2.05, 4.69) is 15.9 Å². The molecule has 0 radical (unpaired) electrons. The van der Waals surface area contributed by atoms with Crippen molar-refractivity contribution in [2.75, 3.05) is 32.8 Å². The van der Waals surface area contributed by atoms with Gasteiger partial charge in [0.1, 0.15) is 11.8 Å². The van der Waals surface area contributed by atoms with Gasteiger partial charge in [0.05, 0.1) is 17.5 Å². The average molecular weight is 456 g/mol. The number of amides is 2. The molecule has 2 amide bonds. The van der Waals surface area contributed by atoms with Crippen molar-refractivity contribution in [2.45, 2.75) is 32.2 Å². The van der Waals surface area contributed by atoms with Crippen LogP contribution in [0.5, 0.6) is 5.75 Å². The third-order valence-electron chi connectivity index (χ3n) is 4.63. The van der Waals surface area contributed by atoms with E-state index in [1.54, 1.807) is 9.80 Å². The Morgan fingerprint density at radius 3 is 2.25 bits per heavy atom. The topological polar surface area (TPSA) is 113 Å². The van der Waals surface area contributed by atoms with E-state index in [0.717, 1.165) is 10.0 Å². The third-order valence-corrected chi connectivity index (χ3v) is 5.25. The molecular formula is C19H26BrN3O5. The van der Waals surface area contributed by atoms with Crippen LogP contribution in [0.2, 0.25) is 0 Å². The zero-order valence-electron chi connectivity index (χ0n) is 15.9. The van der Waals surface area contributed by atoms with Crippen LogP contribution >= 0.6 is 15.9 Å². The lowest BCUT2D eigenvalue weighted by molar-refractivity contribution is -0.141. The third kappa shape index (κ3) is 6.49. The Hall–Kier alpha value is -2.13. The molecule has 1 aliphatic heterocycles. The van der Waals surface area contributed by atoms with Crippen LogP contribution in [0.25, 0.3) is 0 Å². The molecule has 1 fully saturated rings. The maximum Gasteiger partial charge on any atom is 0.320 e. The van der Waals surface area contributed by atoms with Crippen LogP contribution in [0.1, 0.15) is 24.8 Å². The van der Waals surface area contributed by atoms with E-state index in [-0.39, 0.29) is 37.7 Å². The summed E-state index contributed by atoms with van der Waals surface area (Å²) in [4.78, 5) is 38.6. The van der Waals surface area contributed by atoms with Crippen molar-refractivity contribution < 1.29 is 24.2 Å². The standard InChI is InChI=1S/C19H26BrN3O5/c1-13-2-4-16(14(20)12-13)28-11-6-18(25)23-9-7-22(8-10-23)17(24)5-3-15(21)19(26)27/h2,4,12,15H,3,5-11,21H2,1H3,(H,26,27)/t15-/m0/s1. The number of piperazine rings is 1. The molecule has 1 atom stereocenters. The van der Waals surface area contributed by atoms with Gasteiger partial charge in [-0.1, -0.05) is 6.07 Å². The van der Waals surface area contributed by atoms with Gasteiger partial charge in [-0.2, -0.15) is 0 Å². The van der Waals surface area contributed by atoms with E-state index < -0.39 is 12.0 Å². The van der Waals surface area contributed by atoms with Crippen LogP contribution in [0.15, 0.2) is 22.7 Å². The number of benzene rings is 1. The molecule has 1 aromatic rings. The fourth-order valence-electron chi connectivity index (χ4n) is 2.90. The highest BCUT2D eigenvalue weighted by Gasteiger charge is 2.24. The van der Waals surface area contributed by atoms with E-state index >= 15 is 0 Å². The van der Waals surface area contributed by atoms with Crippen molar-refractivity contribution in [3.8, 4) is 5.75 Å². The molecule has 1 aliphatic rings. The number of aryl methyl sites for hydroxylation is 1. The Morgan fingerprint density at radius 2 is 1.71 bits per heavy atom. The molecule has 3 N–H and O–H groups in total. The zero-order valence-corrected chi connectivity index (χ0v) is 17.5. The summed E-state index contributed by atoms with van der Waals surface area (Å²) in [5, 5.41) is 8.77. The number of ether oxygens (including phenoxy) is 1. The summed E-state index contributed by atoms with van der Waals surface area (Å²) in [6.07, 6.45) is 0.474. The van der Waals surface area contributed by atoms with Crippen LogP contribution in [0, 0.1) is 6.92 Å². The number of hydrogen-bond acceptors (Lipinski definition) is 5. The Bertz CT molecular complexity index is 720. The van der Waals surface area contributed by atoms with Crippen LogP contribution in [-0.2, 0) is 14.4 Å². The molecule has 0 unspecified atom stereocenters. The van der Waals surface area contributed by atoms with Gasteiger partial charge in [-0.05, 0) is 47.0 Å². The molecule has 28 heavy (non-hydrogen) atoms. The highest BCUT2D eigenvalue weighted by atomic mass is 79.9. The van der Waals surface area contributed by atoms with Crippen molar-refractivity contribution in [1.82, 2.24) is 9.80 Å². The van der Waals surface area contributed by atoms with Gasteiger partial charge < -0.3 is 25.4 Å². The van der Waals surface area contributed by atoms with Gasteiger partial charge in [0.2, 0.25) is 11.8 Å². The highest BCUT2D eigenvalue weighted by Crippen LogP contribution is 2.25. The number of nitrogens with zero attached hydrogens (tertiary/aromatic N) is 2. The Morgan fingerprint density at radius 1 is 1.14 bits per heavy atom. The number of carboxylic acids is 1. The van der Waals surface area contributed by atoms with E-state index in [1.165, 1.54) is 0 Å². The SMILES string of the molecule is Cc1ccc(OCCC(=O)N2CCN(C(=O)CC[C@H](N)C(=O)O)CC2)c(Br)c1. The average Bonchev–Trinajstić information content (AvgIpc) is 2.67. The van der Waals surface area contributed by atoms with Crippen LogP contribution in [-0.4, -0.2) is 71.5 Å². The second-order valence-electron chi connectivity index (χ2n) is 6.78. The molecule has 0 aromatic heterocycles. The number of aliphatic carboxylic acids is 1. The highest BCUT2D eigenvalue weighted by molar-refractivity contribution is 9.10. The number of carboxylic acid groups (broad SMARTS) is 1. The molecular weight excluding hydrogens is 430 g/mol. The first kappa shape index (κ1) is 22.2. The summed E-state index contributed by atoms with van der Waals surface area (Å²) >= 11 is 3.44. The minimum absolute atomic E-state index is 0.0109. The summed E-state index contributed by atoms with van der Waals surface area (Å²) < 4.78 is 6.52. The van der Waals surface area contributed by atoms with E-state index in [9.17, 15) is 14.4 Å². The number of hydrogen-bond donors (Lipinski definition) is 2. The van der Waals surface area contributed by atoms with Gasteiger partial charge in [0.15, 0.2) is 0 Å². The summed E-state index contributed by atoms with van der Waals surface area (Å²) in [5.41, 5.74) is 6.54. The van der Waals surface area contributed by atoms with E-state index in [1.807, 2.05) is 25.1 Å². The summed E-state index contributed by atoms with van der Waals surface area (Å²) in [5.74, 6) is -0.545. The van der Waals surface area contributed by atoms with Crippen LogP contribution < -0.4 is 10.5 Å². The normalized spacial score (nSPS) is 15.2. The van der Waals surface area contributed by atoms with Gasteiger partial charge in [0, 0.05) is 32.6 Å². The monoisotopic (exact) mass is 455 g/mol. The number of rotatable bonds is 8. The lowest BCUT2D eigenvalue weighted by atomic mass is 10.1. The Labute approximate surface area is 172 Å². The number of carbonyl (C=O) groups excluding carboxylic acids is 2. The molecule has 9 heteroatoms. The molecule has 0 saturated carbocycles. The molecule has 1 saturated heterocycles. The minimum atomic E-state index is -1.11. The fraction of sp³-hybridized carbons (Fsp3) is 0.526. The Balaban J connectivity index is 1.70. The first-order chi connectivity index (χ1) is 13.3. The molecule has 2 rings (SSSR count). The van der Waals surface area contributed by atoms with E-state index in [0.29, 0.717) is 31.9 Å². The van der Waals surface area contributed by atoms with Crippen molar-refractivity contribution >= 4 is 33.7 Å². The van der Waals surface area contributed by atoms with Gasteiger partial charge in [0.25, 0.3) is 0 Å². The van der Waals surface area contributed by atoms with Crippen molar-refractivity contribution in [2.24, 2.45) is 5.73 Å². The minimum Gasteiger partial charge on any atom is -0.492 e. The number of carbonyl (C=O) groups is 3. The quantitative estimate of drug-likeness (QED) is 0.612. The summed E-state index contributed by atoms with van der Waals surface area (Å²) in [6.45, 7) is 4.08. The first-order valence-corrected chi connectivity index (χ1v) is 10.00. The van der Waals surface area contributed by atoms with Crippen molar-refractivity contribution in [3.63, 3.8) is 0 Å². The lowest BCUT2D eigenvalue weighted by Gasteiger charge is -2.35. The zero-order chi connectivity index (χ0) is 20.7. The fourth-order valence-corrected chi connectivity index (χ4v) is 3.50. The summed E-state index contributed by atoms with van der Waals surface area (Å²) in [6, 6.07) is 4.74. The van der Waals surface area contributed by atoms with Crippen LogP contribution in [0.4, 0.5) is 0 Å². The van der Waals surface area contributed by atoms with E-state index in [4.69, 9.17) is 15.6 Å². The lowest BCUT2D eigenvalue weighted by Crippen LogP contribution is -2.51. The molecule has 1 heterocycles. The van der Waals surface area contributed by atoms with Crippen LogP contribution in [0.3, 0.4) is 0 Å². The smallest absolute Gasteiger partial charge is 0.320 e. The van der Waals surface area contributed by atoms with Gasteiger partial charge >= 0.3 is 5.97 Å². The second kappa shape index (κ2) is 10.4. The number of halogens is 1. The predicted molar refractivity (Wildman–Crippen MR) is 107 cm³/mol. The molecule has 0 spiro atoms. The molecule has 0 aliphatic carbocycles. The Kier molecular flexibility index (Phi) is 8.25. The molecule has 1 aromatic carbocycles. The molecule has 0 bridgehead atoms. The predicted octanol–water partition coefficient (Wildman–Crippen LogP) is 1.39. The van der Waals surface area contributed by atoms with Crippen molar-refractivity contribution in [3.05, 3.63) is 28.2 Å². The van der Waals surface area contributed by atoms with Gasteiger partial charge in [-0.25, -0.2) is 0 Å². The maximum atomic E-state index is 12.3. The van der Waals surface area contributed by atoms with Gasteiger partial charge in [-0.3, -0.25) is 14.4 Å². The second-order valence-corrected chi connectivity index (χ2v) is 7.63. The molecule has 8 nitrogen and oxygen atoms in total.